The van der Waals surface area contributed by atoms with Gasteiger partial charge in [-0.15, -0.1) is 0 Å². The summed E-state index contributed by atoms with van der Waals surface area (Å²) in [5.74, 6) is 0.358. The minimum absolute atomic E-state index is 0.358. The summed E-state index contributed by atoms with van der Waals surface area (Å²) in [5, 5.41) is 3.34. The zero-order valence-corrected chi connectivity index (χ0v) is 9.79. The van der Waals surface area contributed by atoms with Gasteiger partial charge in [-0.25, -0.2) is 4.39 Å². The first kappa shape index (κ1) is 14.2. The topological polar surface area (TPSA) is 67.2 Å². The number of hydrogen-bond donors (Lipinski definition) is 0. The molecule has 7 heteroatoms. The molecule has 18 heavy (non-hydrogen) atoms. The summed E-state index contributed by atoms with van der Waals surface area (Å²) in [5.41, 5.74) is 8.97. The third-order valence-corrected chi connectivity index (χ3v) is 2.39. The molecule has 0 aromatic heterocycles. The van der Waals surface area contributed by atoms with Crippen LogP contribution in [0.25, 0.3) is 10.4 Å². The Kier molecular flexibility index (Phi) is 5.90. The number of rotatable bonds is 7. The summed E-state index contributed by atoms with van der Waals surface area (Å²) >= 11 is 0. The monoisotopic (exact) mass is 257 g/mol. The molecular formula is C11H13F2N3O2. The molecule has 0 aliphatic heterocycles. The number of benzene rings is 1. The first-order valence-electron chi connectivity index (χ1n) is 5.18. The van der Waals surface area contributed by atoms with Crippen molar-refractivity contribution in [1.29, 1.82) is 0 Å². The zero-order chi connectivity index (χ0) is 13.4. The van der Waals surface area contributed by atoms with E-state index in [0.717, 1.165) is 0 Å². The summed E-state index contributed by atoms with van der Waals surface area (Å²) in [4.78, 5) is 2.58. The predicted molar refractivity (Wildman–Crippen MR) is 61.7 cm³/mol. The maximum atomic E-state index is 12.7. The smallest absolute Gasteiger partial charge is 0.228 e. The van der Waals surface area contributed by atoms with Crippen LogP contribution in [-0.4, -0.2) is 26.7 Å². The molecule has 0 heterocycles. The summed E-state index contributed by atoms with van der Waals surface area (Å²) in [7, 11) is 1.40. The second kappa shape index (κ2) is 7.47. The fourth-order valence-corrected chi connectivity index (χ4v) is 1.57. The molecule has 5 nitrogen and oxygen atoms in total. The number of azide groups is 1. The van der Waals surface area contributed by atoms with Gasteiger partial charge in [0.25, 0.3) is 0 Å². The van der Waals surface area contributed by atoms with Gasteiger partial charge in [-0.3, -0.25) is 4.39 Å². The van der Waals surface area contributed by atoms with Crippen LogP contribution in [0.2, 0.25) is 0 Å². The van der Waals surface area contributed by atoms with Crippen LogP contribution in [0.4, 0.5) is 8.78 Å². The molecule has 0 N–H and O–H groups in total. The molecule has 0 unspecified atom stereocenters. The standard InChI is InChI=1S/C11H13F2N3O2/c1-17-11(10(6-12)15-16-14)8-2-4-9(5-3-8)18-7-13/h2-5,10-11H,6-7H2,1H3/t10-,11-/m1/s1. The third-order valence-electron chi connectivity index (χ3n) is 2.39. The van der Waals surface area contributed by atoms with Crippen LogP contribution in [0.1, 0.15) is 11.7 Å². The SMILES string of the molecule is CO[C@H](c1ccc(OCF)cc1)[C@@H](CF)N=[N+]=[N-]. The molecule has 1 aromatic rings. The highest BCUT2D eigenvalue weighted by atomic mass is 19.1. The first-order chi connectivity index (χ1) is 8.76. The van der Waals surface area contributed by atoms with Crippen molar-refractivity contribution in [3.8, 4) is 5.75 Å². The predicted octanol–water partition coefficient (Wildman–Crippen LogP) is 3.33. The van der Waals surface area contributed by atoms with E-state index in [1.165, 1.54) is 19.2 Å². The third kappa shape index (κ3) is 3.58. The van der Waals surface area contributed by atoms with Crippen LogP contribution < -0.4 is 4.74 Å². The van der Waals surface area contributed by atoms with Crippen LogP contribution in [0.3, 0.4) is 0 Å². The second-order valence-electron chi connectivity index (χ2n) is 3.41. The Morgan fingerprint density at radius 1 is 1.33 bits per heavy atom. The Bertz CT molecular complexity index is 407. The van der Waals surface area contributed by atoms with E-state index in [2.05, 4.69) is 14.8 Å². The maximum Gasteiger partial charge on any atom is 0.228 e. The molecule has 0 fully saturated rings. The van der Waals surface area contributed by atoms with Gasteiger partial charge in [0, 0.05) is 12.0 Å². The van der Waals surface area contributed by atoms with E-state index in [-0.39, 0.29) is 0 Å². The van der Waals surface area contributed by atoms with E-state index >= 15 is 0 Å². The number of hydrogen-bond acceptors (Lipinski definition) is 3. The number of alkyl halides is 2. The van der Waals surface area contributed by atoms with Crippen LogP contribution in [-0.2, 0) is 4.74 Å². The summed E-state index contributed by atoms with van der Waals surface area (Å²) in [6, 6.07) is 5.34. The summed E-state index contributed by atoms with van der Waals surface area (Å²) < 4.78 is 34.5. The van der Waals surface area contributed by atoms with Gasteiger partial charge in [0.05, 0.1) is 12.1 Å². The Morgan fingerprint density at radius 3 is 2.44 bits per heavy atom. The van der Waals surface area contributed by atoms with E-state index in [1.807, 2.05) is 0 Å². The van der Waals surface area contributed by atoms with Crippen LogP contribution in [0.15, 0.2) is 29.4 Å². The van der Waals surface area contributed by atoms with Crippen molar-refractivity contribution in [2.75, 3.05) is 20.6 Å². The summed E-state index contributed by atoms with van der Waals surface area (Å²) in [6.07, 6.45) is -0.690. The van der Waals surface area contributed by atoms with Crippen LogP contribution >= 0.6 is 0 Å². The Balaban J connectivity index is 2.90. The van der Waals surface area contributed by atoms with E-state index in [0.29, 0.717) is 11.3 Å². The molecule has 0 saturated carbocycles. The fraction of sp³-hybridized carbons (Fsp3) is 0.455. The van der Waals surface area contributed by atoms with E-state index in [1.54, 1.807) is 12.1 Å². The average Bonchev–Trinajstić information content (AvgIpc) is 2.40. The summed E-state index contributed by atoms with van der Waals surface area (Å²) in [6.45, 7) is -1.75. The number of methoxy groups -OCH3 is 1. The lowest BCUT2D eigenvalue weighted by Crippen LogP contribution is -2.20. The Labute approximate surface area is 103 Å². The van der Waals surface area contributed by atoms with Gasteiger partial charge in [-0.2, -0.15) is 0 Å². The normalized spacial score (nSPS) is 13.5. The maximum absolute atomic E-state index is 12.7. The van der Waals surface area contributed by atoms with Gasteiger partial charge in [0.1, 0.15) is 12.4 Å². The van der Waals surface area contributed by atoms with Crippen molar-refractivity contribution < 1.29 is 18.3 Å². The van der Waals surface area contributed by atoms with Crippen LogP contribution in [0, 0.1) is 0 Å². The van der Waals surface area contributed by atoms with E-state index in [9.17, 15) is 8.78 Å². The molecule has 0 aliphatic rings. The quantitative estimate of drug-likeness (QED) is 0.427. The van der Waals surface area contributed by atoms with Crippen molar-refractivity contribution in [3.63, 3.8) is 0 Å². The second-order valence-corrected chi connectivity index (χ2v) is 3.41. The minimum Gasteiger partial charge on any atom is -0.463 e. The first-order valence-corrected chi connectivity index (χ1v) is 5.18. The van der Waals surface area contributed by atoms with Crippen molar-refractivity contribution in [3.05, 3.63) is 40.3 Å². The van der Waals surface area contributed by atoms with Gasteiger partial charge < -0.3 is 9.47 Å². The molecule has 0 radical (unpaired) electrons. The van der Waals surface area contributed by atoms with Gasteiger partial charge in [0.2, 0.25) is 6.86 Å². The van der Waals surface area contributed by atoms with E-state index in [4.69, 9.17) is 10.3 Å². The van der Waals surface area contributed by atoms with Gasteiger partial charge in [-0.1, -0.05) is 17.2 Å². The molecule has 1 rings (SSSR count). The van der Waals surface area contributed by atoms with Crippen LogP contribution in [0.5, 0.6) is 5.75 Å². The molecule has 0 bridgehead atoms. The molecule has 98 valence electrons. The molecule has 1 aromatic carbocycles. The number of halogens is 2. The molecule has 2 atom stereocenters. The number of nitrogens with zero attached hydrogens (tertiary/aromatic N) is 3. The molecule has 0 amide bonds. The Morgan fingerprint density at radius 2 is 2.00 bits per heavy atom. The highest BCUT2D eigenvalue weighted by molar-refractivity contribution is 5.29. The minimum atomic E-state index is -0.937. The van der Waals surface area contributed by atoms with Crippen molar-refractivity contribution in [1.82, 2.24) is 0 Å². The van der Waals surface area contributed by atoms with Gasteiger partial charge in [0.15, 0.2) is 0 Å². The highest BCUT2D eigenvalue weighted by Crippen LogP contribution is 2.25. The fourth-order valence-electron chi connectivity index (χ4n) is 1.57. The van der Waals surface area contributed by atoms with Crippen molar-refractivity contribution in [2.45, 2.75) is 12.1 Å². The lowest BCUT2D eigenvalue weighted by Gasteiger charge is -2.20. The lowest BCUT2D eigenvalue weighted by molar-refractivity contribution is 0.0721. The molecule has 0 saturated heterocycles. The Hall–Kier alpha value is -1.85. The largest absolute Gasteiger partial charge is 0.463 e. The molecular weight excluding hydrogens is 244 g/mol. The van der Waals surface area contributed by atoms with Gasteiger partial charge >= 0.3 is 0 Å². The zero-order valence-electron chi connectivity index (χ0n) is 9.79. The van der Waals surface area contributed by atoms with Crippen molar-refractivity contribution in [2.24, 2.45) is 5.11 Å². The van der Waals surface area contributed by atoms with Crippen molar-refractivity contribution >= 4 is 0 Å². The molecule has 0 aliphatic carbocycles. The average molecular weight is 257 g/mol. The molecule has 0 spiro atoms. The van der Waals surface area contributed by atoms with Gasteiger partial charge in [-0.05, 0) is 23.2 Å². The number of ether oxygens (including phenoxy) is 2. The van der Waals surface area contributed by atoms with E-state index < -0.39 is 25.7 Å². The lowest BCUT2D eigenvalue weighted by atomic mass is 10.0. The highest BCUT2D eigenvalue weighted by Gasteiger charge is 2.22.